The van der Waals surface area contributed by atoms with Gasteiger partial charge in [0, 0.05) is 23.4 Å². The van der Waals surface area contributed by atoms with Gasteiger partial charge < -0.3 is 11.1 Å². The number of amides is 1. The summed E-state index contributed by atoms with van der Waals surface area (Å²) in [5.41, 5.74) is 5.35. The fourth-order valence-electron chi connectivity index (χ4n) is 1.39. The first-order chi connectivity index (χ1) is 7.75. The van der Waals surface area contributed by atoms with Gasteiger partial charge in [0.2, 0.25) is 5.91 Å². The standard InChI is InChI=1S/C10H15N3OS2/c11-9(14)8(13-7-1-2-7)3-5-15-10-12-4-6-16-10/h4,6-8,13H,1-3,5H2,(H2,11,14). The van der Waals surface area contributed by atoms with Crippen LogP contribution in [-0.2, 0) is 4.79 Å². The second-order valence-corrected chi connectivity index (χ2v) is 6.07. The minimum atomic E-state index is -0.244. The number of carbonyl (C=O) groups excluding carboxylic acids is 1. The highest BCUT2D eigenvalue weighted by Gasteiger charge is 2.26. The highest BCUT2D eigenvalue weighted by atomic mass is 32.2. The number of rotatable bonds is 7. The quantitative estimate of drug-likeness (QED) is 0.721. The maximum atomic E-state index is 11.2. The summed E-state index contributed by atoms with van der Waals surface area (Å²) in [7, 11) is 0. The van der Waals surface area contributed by atoms with Gasteiger partial charge in [0.25, 0.3) is 0 Å². The Bertz CT molecular complexity index is 338. The zero-order valence-electron chi connectivity index (χ0n) is 8.89. The van der Waals surface area contributed by atoms with Gasteiger partial charge >= 0.3 is 0 Å². The highest BCUT2D eigenvalue weighted by Crippen LogP contribution is 2.23. The molecule has 1 aliphatic carbocycles. The Hall–Kier alpha value is -0.590. The predicted molar refractivity (Wildman–Crippen MR) is 66.6 cm³/mol. The summed E-state index contributed by atoms with van der Waals surface area (Å²) in [6.07, 6.45) is 4.91. The van der Waals surface area contributed by atoms with Gasteiger partial charge in [0.15, 0.2) is 0 Å². The smallest absolute Gasteiger partial charge is 0.234 e. The van der Waals surface area contributed by atoms with Crippen molar-refractivity contribution in [1.82, 2.24) is 10.3 Å². The second-order valence-electron chi connectivity index (χ2n) is 3.83. The van der Waals surface area contributed by atoms with E-state index < -0.39 is 0 Å². The van der Waals surface area contributed by atoms with Gasteiger partial charge in [-0.3, -0.25) is 4.79 Å². The maximum Gasteiger partial charge on any atom is 0.234 e. The molecule has 88 valence electrons. The van der Waals surface area contributed by atoms with E-state index in [1.54, 1.807) is 29.3 Å². The molecule has 0 spiro atoms. The van der Waals surface area contributed by atoms with E-state index in [0.717, 1.165) is 16.5 Å². The van der Waals surface area contributed by atoms with E-state index in [1.807, 2.05) is 5.38 Å². The number of aromatic nitrogens is 1. The molecule has 0 saturated heterocycles. The zero-order chi connectivity index (χ0) is 11.4. The maximum absolute atomic E-state index is 11.2. The van der Waals surface area contributed by atoms with Crippen LogP contribution in [0.2, 0.25) is 0 Å². The Morgan fingerprint density at radius 3 is 3.12 bits per heavy atom. The summed E-state index contributed by atoms with van der Waals surface area (Å²) in [5, 5.41) is 5.22. The predicted octanol–water partition coefficient (Wildman–Crippen LogP) is 1.23. The molecule has 3 N–H and O–H groups in total. The summed E-state index contributed by atoms with van der Waals surface area (Å²) in [6.45, 7) is 0. The number of hydrogen-bond donors (Lipinski definition) is 2. The average molecular weight is 257 g/mol. The molecular formula is C10H15N3OS2. The SMILES string of the molecule is NC(=O)C(CCSc1nccs1)NC1CC1. The highest BCUT2D eigenvalue weighted by molar-refractivity contribution is 8.00. The molecule has 0 bridgehead atoms. The Balaban J connectivity index is 1.70. The lowest BCUT2D eigenvalue weighted by Gasteiger charge is -2.13. The molecule has 0 aliphatic heterocycles. The molecule has 6 heteroatoms. The molecule has 2 rings (SSSR count). The van der Waals surface area contributed by atoms with Crippen LogP contribution in [0, 0.1) is 0 Å². The van der Waals surface area contributed by atoms with Crippen molar-refractivity contribution in [3.8, 4) is 0 Å². The van der Waals surface area contributed by atoms with E-state index in [1.165, 1.54) is 12.8 Å². The Kier molecular flexibility index (Phi) is 4.20. The fraction of sp³-hybridized carbons (Fsp3) is 0.600. The molecule has 1 saturated carbocycles. The van der Waals surface area contributed by atoms with E-state index in [0.29, 0.717) is 6.04 Å². The summed E-state index contributed by atoms with van der Waals surface area (Å²) in [5.74, 6) is 0.632. The van der Waals surface area contributed by atoms with Crippen LogP contribution in [0.4, 0.5) is 0 Å². The van der Waals surface area contributed by atoms with Gasteiger partial charge in [-0.1, -0.05) is 11.8 Å². The largest absolute Gasteiger partial charge is 0.368 e. The molecule has 1 atom stereocenters. The van der Waals surface area contributed by atoms with Gasteiger partial charge in [-0.25, -0.2) is 4.98 Å². The number of thiazole rings is 1. The fourth-order valence-corrected chi connectivity index (χ4v) is 3.10. The van der Waals surface area contributed by atoms with Crippen LogP contribution in [0.3, 0.4) is 0 Å². The molecular weight excluding hydrogens is 242 g/mol. The van der Waals surface area contributed by atoms with Crippen molar-refractivity contribution < 1.29 is 4.79 Å². The first-order valence-corrected chi connectivity index (χ1v) is 7.20. The topological polar surface area (TPSA) is 68.0 Å². The van der Waals surface area contributed by atoms with Gasteiger partial charge in [-0.2, -0.15) is 0 Å². The van der Waals surface area contributed by atoms with E-state index in [-0.39, 0.29) is 11.9 Å². The van der Waals surface area contributed by atoms with Crippen molar-refractivity contribution >= 4 is 29.0 Å². The third-order valence-corrected chi connectivity index (χ3v) is 4.40. The van der Waals surface area contributed by atoms with Crippen molar-refractivity contribution in [2.75, 3.05) is 5.75 Å². The molecule has 1 fully saturated rings. The zero-order valence-corrected chi connectivity index (χ0v) is 10.5. The van der Waals surface area contributed by atoms with E-state index in [4.69, 9.17) is 5.73 Å². The minimum absolute atomic E-state index is 0.181. The van der Waals surface area contributed by atoms with E-state index >= 15 is 0 Å². The molecule has 4 nitrogen and oxygen atoms in total. The molecule has 1 aliphatic rings. The Morgan fingerprint density at radius 1 is 1.75 bits per heavy atom. The molecule has 1 unspecified atom stereocenters. The van der Waals surface area contributed by atoms with Gasteiger partial charge in [0.05, 0.1) is 6.04 Å². The third-order valence-electron chi connectivity index (χ3n) is 2.40. The van der Waals surface area contributed by atoms with Crippen LogP contribution < -0.4 is 11.1 Å². The summed E-state index contributed by atoms with van der Waals surface area (Å²) in [4.78, 5) is 15.4. The molecule has 1 aromatic rings. The lowest BCUT2D eigenvalue weighted by Crippen LogP contribution is -2.42. The number of nitrogens with two attached hydrogens (primary N) is 1. The van der Waals surface area contributed by atoms with Crippen molar-refractivity contribution in [2.45, 2.75) is 35.7 Å². The van der Waals surface area contributed by atoms with Crippen molar-refractivity contribution in [3.05, 3.63) is 11.6 Å². The first-order valence-electron chi connectivity index (χ1n) is 5.33. The number of primary amides is 1. The number of nitrogens with zero attached hydrogens (tertiary/aromatic N) is 1. The number of nitrogens with one attached hydrogen (secondary N) is 1. The lowest BCUT2D eigenvalue weighted by molar-refractivity contribution is -0.120. The van der Waals surface area contributed by atoms with Crippen molar-refractivity contribution in [2.24, 2.45) is 5.73 Å². The molecule has 1 amide bonds. The normalized spacial score (nSPS) is 17.2. The van der Waals surface area contributed by atoms with Crippen LogP contribution in [0.15, 0.2) is 15.9 Å². The lowest BCUT2D eigenvalue weighted by atomic mass is 10.2. The van der Waals surface area contributed by atoms with Crippen LogP contribution in [0.25, 0.3) is 0 Å². The number of carbonyl (C=O) groups is 1. The Labute approximate surface area is 103 Å². The van der Waals surface area contributed by atoms with Crippen molar-refractivity contribution in [3.63, 3.8) is 0 Å². The van der Waals surface area contributed by atoms with Gasteiger partial charge in [-0.05, 0) is 19.3 Å². The number of thioether (sulfide) groups is 1. The van der Waals surface area contributed by atoms with Gasteiger partial charge in [0.1, 0.15) is 4.34 Å². The van der Waals surface area contributed by atoms with Crippen molar-refractivity contribution in [1.29, 1.82) is 0 Å². The Morgan fingerprint density at radius 2 is 2.56 bits per heavy atom. The average Bonchev–Trinajstić information content (AvgIpc) is 2.91. The van der Waals surface area contributed by atoms with Crippen LogP contribution in [0.1, 0.15) is 19.3 Å². The summed E-state index contributed by atoms with van der Waals surface area (Å²) >= 11 is 3.30. The van der Waals surface area contributed by atoms with E-state index in [9.17, 15) is 4.79 Å². The minimum Gasteiger partial charge on any atom is -0.368 e. The summed E-state index contributed by atoms with van der Waals surface area (Å²) < 4.78 is 1.05. The van der Waals surface area contributed by atoms with E-state index in [2.05, 4.69) is 10.3 Å². The molecule has 1 aromatic heterocycles. The molecule has 0 aromatic carbocycles. The first kappa shape index (κ1) is 11.9. The summed E-state index contributed by atoms with van der Waals surface area (Å²) in [6, 6.07) is 0.335. The molecule has 0 radical (unpaired) electrons. The van der Waals surface area contributed by atoms with Crippen LogP contribution in [-0.4, -0.2) is 28.7 Å². The second kappa shape index (κ2) is 5.65. The van der Waals surface area contributed by atoms with Crippen LogP contribution in [0.5, 0.6) is 0 Å². The molecule has 16 heavy (non-hydrogen) atoms. The molecule has 1 heterocycles. The third kappa shape index (κ3) is 3.77. The monoisotopic (exact) mass is 257 g/mol. The van der Waals surface area contributed by atoms with Gasteiger partial charge in [-0.15, -0.1) is 11.3 Å². The number of hydrogen-bond acceptors (Lipinski definition) is 5. The van der Waals surface area contributed by atoms with Crippen LogP contribution >= 0.6 is 23.1 Å².